The van der Waals surface area contributed by atoms with Gasteiger partial charge in [-0.15, -0.1) is 0 Å². The molecule has 1 saturated heterocycles. The SMILES string of the molecule is CCC(C)C(=O)OCCC(=O)OC1CCC2CC1OS2(=O)=O. The summed E-state index contributed by atoms with van der Waals surface area (Å²) in [6, 6.07) is 0. The third-order valence-electron chi connectivity index (χ3n) is 4.20. The molecule has 2 rings (SSSR count). The molecule has 0 amide bonds. The summed E-state index contributed by atoms with van der Waals surface area (Å²) in [6.07, 6.45) is 0.832. The van der Waals surface area contributed by atoms with E-state index in [-0.39, 0.29) is 24.9 Å². The Balaban J connectivity index is 1.73. The summed E-state index contributed by atoms with van der Waals surface area (Å²) < 4.78 is 38.4. The van der Waals surface area contributed by atoms with Gasteiger partial charge >= 0.3 is 11.9 Å². The zero-order valence-corrected chi connectivity index (χ0v) is 13.6. The first-order valence-corrected chi connectivity index (χ1v) is 9.08. The molecule has 4 atom stereocenters. The molecule has 0 radical (unpaired) electrons. The fraction of sp³-hybridized carbons (Fsp3) is 0.857. The third kappa shape index (κ3) is 3.98. The first kappa shape index (κ1) is 17.2. The van der Waals surface area contributed by atoms with Crippen molar-refractivity contribution in [3.63, 3.8) is 0 Å². The second-order valence-corrected chi connectivity index (χ2v) is 7.66. The van der Waals surface area contributed by atoms with E-state index >= 15 is 0 Å². The van der Waals surface area contributed by atoms with Crippen LogP contribution in [0.2, 0.25) is 0 Å². The van der Waals surface area contributed by atoms with Gasteiger partial charge in [-0.2, -0.15) is 8.42 Å². The molecule has 0 spiro atoms. The smallest absolute Gasteiger partial charge is 0.309 e. The largest absolute Gasteiger partial charge is 0.465 e. The van der Waals surface area contributed by atoms with E-state index in [1.54, 1.807) is 6.92 Å². The molecule has 2 fully saturated rings. The van der Waals surface area contributed by atoms with E-state index in [4.69, 9.17) is 13.7 Å². The van der Waals surface area contributed by atoms with Crippen LogP contribution in [0, 0.1) is 5.92 Å². The Labute approximate surface area is 130 Å². The summed E-state index contributed by atoms with van der Waals surface area (Å²) in [4.78, 5) is 23.2. The number of carbonyl (C=O) groups is 2. The van der Waals surface area contributed by atoms with Gasteiger partial charge in [-0.25, -0.2) is 0 Å². The first-order chi connectivity index (χ1) is 10.3. The average molecular weight is 334 g/mol. The highest BCUT2D eigenvalue weighted by Crippen LogP contribution is 2.37. The Morgan fingerprint density at radius 3 is 2.73 bits per heavy atom. The molecule has 4 unspecified atom stereocenters. The molecular weight excluding hydrogens is 312 g/mol. The van der Waals surface area contributed by atoms with Gasteiger partial charge in [-0.3, -0.25) is 13.8 Å². The van der Waals surface area contributed by atoms with E-state index in [1.807, 2.05) is 6.92 Å². The van der Waals surface area contributed by atoms with Gasteiger partial charge in [-0.05, 0) is 25.7 Å². The lowest BCUT2D eigenvalue weighted by Gasteiger charge is -2.25. The molecule has 126 valence electrons. The lowest BCUT2D eigenvalue weighted by Crippen LogP contribution is -2.34. The zero-order valence-electron chi connectivity index (χ0n) is 12.8. The van der Waals surface area contributed by atoms with Crippen molar-refractivity contribution >= 4 is 22.1 Å². The molecule has 2 aliphatic rings. The van der Waals surface area contributed by atoms with Crippen LogP contribution in [0.4, 0.5) is 0 Å². The van der Waals surface area contributed by atoms with Crippen LogP contribution in [0.3, 0.4) is 0 Å². The minimum Gasteiger partial charge on any atom is -0.465 e. The molecule has 1 aliphatic heterocycles. The summed E-state index contributed by atoms with van der Waals surface area (Å²) in [5.74, 6) is -1.03. The monoisotopic (exact) mass is 334 g/mol. The summed E-state index contributed by atoms with van der Waals surface area (Å²) in [5.41, 5.74) is 0. The molecule has 7 nitrogen and oxygen atoms in total. The number of hydrogen-bond acceptors (Lipinski definition) is 7. The van der Waals surface area contributed by atoms with E-state index in [1.165, 1.54) is 0 Å². The van der Waals surface area contributed by atoms with Gasteiger partial charge in [-0.1, -0.05) is 13.8 Å². The quantitative estimate of drug-likeness (QED) is 0.531. The number of hydrogen-bond donors (Lipinski definition) is 0. The number of carbonyl (C=O) groups excluding carboxylic acids is 2. The third-order valence-corrected chi connectivity index (χ3v) is 5.96. The molecule has 0 aromatic heterocycles. The fourth-order valence-electron chi connectivity index (χ4n) is 2.59. The molecule has 22 heavy (non-hydrogen) atoms. The molecule has 8 heteroatoms. The Hall–Kier alpha value is -1.15. The highest BCUT2D eigenvalue weighted by atomic mass is 32.2. The summed E-state index contributed by atoms with van der Waals surface area (Å²) in [6.45, 7) is 3.62. The maximum atomic E-state index is 11.8. The fourth-order valence-corrected chi connectivity index (χ4v) is 4.14. The first-order valence-electron chi connectivity index (χ1n) is 7.61. The van der Waals surface area contributed by atoms with Gasteiger partial charge in [0.05, 0.1) is 17.6 Å². The minimum atomic E-state index is -3.49. The molecular formula is C14H22O7S. The standard InChI is InChI=1S/C14H22O7S/c1-3-9(2)14(16)19-7-6-13(15)20-11-5-4-10-8-12(11)21-22(10,17)18/h9-12H,3-8H2,1-2H3. The Bertz CT molecular complexity index is 527. The van der Waals surface area contributed by atoms with Crippen molar-refractivity contribution in [2.75, 3.05) is 6.61 Å². The Morgan fingerprint density at radius 2 is 2.05 bits per heavy atom. The number of fused-ring (bicyclic) bond motifs is 2. The van der Waals surface area contributed by atoms with E-state index in [9.17, 15) is 18.0 Å². The van der Waals surface area contributed by atoms with E-state index in [0.717, 1.165) is 0 Å². The summed E-state index contributed by atoms with van der Waals surface area (Å²) in [7, 11) is -3.49. The lowest BCUT2D eigenvalue weighted by atomic mass is 9.94. The van der Waals surface area contributed by atoms with Crippen LogP contribution in [0.1, 0.15) is 46.0 Å². The minimum absolute atomic E-state index is 0.0266. The predicted molar refractivity (Wildman–Crippen MR) is 76.3 cm³/mol. The molecule has 1 aliphatic carbocycles. The molecule has 0 N–H and O–H groups in total. The van der Waals surface area contributed by atoms with Crippen LogP contribution >= 0.6 is 0 Å². The Morgan fingerprint density at radius 1 is 1.32 bits per heavy atom. The van der Waals surface area contributed by atoms with Crippen LogP contribution in [-0.4, -0.2) is 44.4 Å². The molecule has 0 aromatic carbocycles. The highest BCUT2D eigenvalue weighted by Gasteiger charge is 2.48. The van der Waals surface area contributed by atoms with Gasteiger partial charge < -0.3 is 9.47 Å². The number of esters is 2. The predicted octanol–water partition coefficient (Wildman–Crippen LogP) is 1.16. The second kappa shape index (κ2) is 6.95. The van der Waals surface area contributed by atoms with Crippen molar-refractivity contribution in [1.29, 1.82) is 0 Å². The molecule has 1 heterocycles. The van der Waals surface area contributed by atoms with E-state index in [2.05, 4.69) is 0 Å². The average Bonchev–Trinajstić information content (AvgIpc) is 2.71. The zero-order chi connectivity index (χ0) is 16.3. The summed E-state index contributed by atoms with van der Waals surface area (Å²) in [5, 5.41) is -0.469. The van der Waals surface area contributed by atoms with Crippen LogP contribution in [-0.2, 0) is 33.4 Å². The molecule has 1 saturated carbocycles. The van der Waals surface area contributed by atoms with Crippen molar-refractivity contribution in [2.24, 2.45) is 5.92 Å². The van der Waals surface area contributed by atoms with Gasteiger partial charge in [0.25, 0.3) is 10.1 Å². The van der Waals surface area contributed by atoms with Gasteiger partial charge in [0.1, 0.15) is 18.8 Å². The van der Waals surface area contributed by atoms with Crippen LogP contribution in [0.5, 0.6) is 0 Å². The molecule has 2 bridgehead atoms. The van der Waals surface area contributed by atoms with Crippen molar-refractivity contribution in [2.45, 2.75) is 63.4 Å². The number of ether oxygens (including phenoxy) is 2. The van der Waals surface area contributed by atoms with Crippen molar-refractivity contribution in [3.05, 3.63) is 0 Å². The van der Waals surface area contributed by atoms with E-state index in [0.29, 0.717) is 25.7 Å². The van der Waals surface area contributed by atoms with Crippen molar-refractivity contribution in [3.8, 4) is 0 Å². The molecule has 0 aromatic rings. The van der Waals surface area contributed by atoms with Gasteiger partial charge in [0.15, 0.2) is 0 Å². The lowest BCUT2D eigenvalue weighted by molar-refractivity contribution is -0.158. The number of rotatable bonds is 6. The summed E-state index contributed by atoms with van der Waals surface area (Å²) >= 11 is 0. The van der Waals surface area contributed by atoms with Crippen LogP contribution < -0.4 is 0 Å². The van der Waals surface area contributed by atoms with Crippen molar-refractivity contribution < 1.29 is 31.7 Å². The highest BCUT2D eigenvalue weighted by molar-refractivity contribution is 7.87. The van der Waals surface area contributed by atoms with Crippen LogP contribution in [0.25, 0.3) is 0 Å². The van der Waals surface area contributed by atoms with Gasteiger partial charge in [0, 0.05) is 0 Å². The van der Waals surface area contributed by atoms with Crippen molar-refractivity contribution in [1.82, 2.24) is 0 Å². The normalized spacial score (nSPS) is 30.5. The second-order valence-electron chi connectivity index (χ2n) is 5.82. The van der Waals surface area contributed by atoms with Gasteiger partial charge in [0.2, 0.25) is 0 Å². The topological polar surface area (TPSA) is 96.0 Å². The maximum absolute atomic E-state index is 11.8. The maximum Gasteiger partial charge on any atom is 0.309 e. The Kier molecular flexibility index (Phi) is 5.44. The van der Waals surface area contributed by atoms with Crippen LogP contribution in [0.15, 0.2) is 0 Å². The van der Waals surface area contributed by atoms with E-state index < -0.39 is 33.5 Å².